The number of halogens is 1. The lowest BCUT2D eigenvalue weighted by Gasteiger charge is -2.40. The van der Waals surface area contributed by atoms with Gasteiger partial charge in [0.05, 0.1) is 12.1 Å². The van der Waals surface area contributed by atoms with Gasteiger partial charge in [-0.3, -0.25) is 4.79 Å². The molecule has 2 aliphatic rings. The van der Waals surface area contributed by atoms with E-state index in [-0.39, 0.29) is 17.8 Å². The van der Waals surface area contributed by atoms with Gasteiger partial charge in [-0.25, -0.2) is 4.39 Å². The first-order valence-electron chi connectivity index (χ1n) is 8.93. The van der Waals surface area contributed by atoms with Gasteiger partial charge >= 0.3 is 0 Å². The first-order valence-corrected chi connectivity index (χ1v) is 8.93. The Labute approximate surface area is 142 Å². The number of aliphatic hydroxyl groups is 1. The largest absolute Gasteiger partial charge is 0.391 e. The summed E-state index contributed by atoms with van der Waals surface area (Å²) in [6, 6.07) is 6.11. The molecular formula is C19H26FNO3. The molecule has 1 N–H and O–H groups in total. The predicted octanol–water partition coefficient (Wildman–Crippen LogP) is 2.54. The number of hydrogen-bond donors (Lipinski definition) is 1. The molecule has 0 aromatic heterocycles. The average Bonchev–Trinajstić information content (AvgIpc) is 2.59. The highest BCUT2D eigenvalue weighted by Gasteiger charge is 2.34. The van der Waals surface area contributed by atoms with Crippen molar-refractivity contribution in [2.75, 3.05) is 19.8 Å². The van der Waals surface area contributed by atoms with E-state index in [0.717, 1.165) is 38.0 Å². The van der Waals surface area contributed by atoms with E-state index in [1.54, 1.807) is 12.1 Å². The van der Waals surface area contributed by atoms with Crippen molar-refractivity contribution in [3.63, 3.8) is 0 Å². The molecule has 0 aliphatic carbocycles. The van der Waals surface area contributed by atoms with Gasteiger partial charge in [0.1, 0.15) is 5.82 Å². The maximum Gasteiger partial charge on any atom is 0.223 e. The van der Waals surface area contributed by atoms with Crippen molar-refractivity contribution >= 4 is 5.91 Å². The number of nitrogens with zero attached hydrogens (tertiary/aromatic N) is 1. The maximum absolute atomic E-state index is 13.1. The zero-order valence-corrected chi connectivity index (χ0v) is 14.0. The highest BCUT2D eigenvalue weighted by molar-refractivity contribution is 5.77. The predicted molar refractivity (Wildman–Crippen MR) is 89.0 cm³/mol. The van der Waals surface area contributed by atoms with Crippen LogP contribution in [0.15, 0.2) is 24.3 Å². The summed E-state index contributed by atoms with van der Waals surface area (Å²) in [5.41, 5.74) is 0.950. The lowest BCUT2D eigenvalue weighted by atomic mass is 9.90. The topological polar surface area (TPSA) is 49.8 Å². The van der Waals surface area contributed by atoms with E-state index < -0.39 is 6.10 Å². The van der Waals surface area contributed by atoms with Crippen LogP contribution in [0.2, 0.25) is 0 Å². The van der Waals surface area contributed by atoms with Gasteiger partial charge < -0.3 is 14.7 Å². The van der Waals surface area contributed by atoms with Crippen molar-refractivity contribution in [3.8, 4) is 0 Å². The second-order valence-corrected chi connectivity index (χ2v) is 6.95. The van der Waals surface area contributed by atoms with E-state index in [0.29, 0.717) is 31.7 Å². The summed E-state index contributed by atoms with van der Waals surface area (Å²) in [5, 5.41) is 10.4. The summed E-state index contributed by atoms with van der Waals surface area (Å²) in [5.74, 6) is 0.250. The number of carbonyl (C=O) groups is 1. The molecule has 132 valence electrons. The van der Waals surface area contributed by atoms with Gasteiger partial charge in [-0.15, -0.1) is 0 Å². The van der Waals surface area contributed by atoms with Crippen molar-refractivity contribution < 1.29 is 19.0 Å². The molecule has 1 amide bonds. The molecule has 0 unspecified atom stereocenters. The van der Waals surface area contributed by atoms with E-state index in [1.807, 2.05) is 4.90 Å². The minimum Gasteiger partial charge on any atom is -0.391 e. The Balaban J connectivity index is 1.66. The quantitative estimate of drug-likeness (QED) is 0.920. The van der Waals surface area contributed by atoms with Gasteiger partial charge in [0.25, 0.3) is 0 Å². The standard InChI is InChI=1S/C19H26FNO3/c20-16-5-3-14(4-6-16)12-17-18(22)2-1-9-21(17)19(23)13-15-7-10-24-11-8-15/h3-6,15,17-18,22H,1-2,7-13H2/t17-,18-/m0/s1. The minimum atomic E-state index is -0.512. The molecule has 0 saturated carbocycles. The molecule has 2 fully saturated rings. The molecule has 0 spiro atoms. The Bertz CT molecular complexity index is 542. The SMILES string of the molecule is O=C(CC1CCOCC1)N1CCC[C@H](O)[C@@H]1Cc1ccc(F)cc1. The number of likely N-dealkylation sites (tertiary alicyclic amines) is 1. The normalized spacial score (nSPS) is 25.7. The lowest BCUT2D eigenvalue weighted by molar-refractivity contribution is -0.140. The van der Waals surface area contributed by atoms with Crippen LogP contribution in [0.1, 0.15) is 37.7 Å². The smallest absolute Gasteiger partial charge is 0.223 e. The van der Waals surface area contributed by atoms with Crippen LogP contribution in [0.25, 0.3) is 0 Å². The monoisotopic (exact) mass is 335 g/mol. The Morgan fingerprint density at radius 2 is 1.92 bits per heavy atom. The number of benzene rings is 1. The van der Waals surface area contributed by atoms with E-state index in [9.17, 15) is 14.3 Å². The van der Waals surface area contributed by atoms with Gasteiger partial charge in [-0.05, 0) is 55.7 Å². The van der Waals surface area contributed by atoms with Crippen molar-refractivity contribution in [2.24, 2.45) is 5.92 Å². The van der Waals surface area contributed by atoms with Gasteiger partial charge in [-0.1, -0.05) is 12.1 Å². The second kappa shape index (κ2) is 8.08. The Morgan fingerprint density at radius 3 is 2.62 bits per heavy atom. The number of carbonyl (C=O) groups excluding carboxylic acids is 1. The van der Waals surface area contributed by atoms with Gasteiger partial charge in [0, 0.05) is 26.2 Å². The summed E-state index contributed by atoms with van der Waals surface area (Å²) in [6.45, 7) is 2.17. The third-order valence-corrected chi connectivity index (χ3v) is 5.23. The molecule has 0 radical (unpaired) electrons. The summed E-state index contributed by atoms with van der Waals surface area (Å²) < 4.78 is 18.4. The number of rotatable bonds is 4. The molecule has 1 aromatic rings. The zero-order valence-electron chi connectivity index (χ0n) is 14.0. The maximum atomic E-state index is 13.1. The highest BCUT2D eigenvalue weighted by Crippen LogP contribution is 2.25. The average molecular weight is 335 g/mol. The van der Waals surface area contributed by atoms with Crippen molar-refractivity contribution in [2.45, 2.75) is 50.7 Å². The van der Waals surface area contributed by atoms with Crippen LogP contribution in [-0.4, -0.2) is 47.8 Å². The van der Waals surface area contributed by atoms with Crippen LogP contribution in [0.4, 0.5) is 4.39 Å². The summed E-state index contributed by atoms with van der Waals surface area (Å²) in [7, 11) is 0. The molecule has 24 heavy (non-hydrogen) atoms. The van der Waals surface area contributed by atoms with Gasteiger partial charge in [0.15, 0.2) is 0 Å². The number of aliphatic hydroxyl groups excluding tert-OH is 1. The van der Waals surface area contributed by atoms with E-state index in [2.05, 4.69) is 0 Å². The van der Waals surface area contributed by atoms with Crippen molar-refractivity contribution in [1.82, 2.24) is 4.90 Å². The Kier molecular flexibility index (Phi) is 5.85. The third kappa shape index (κ3) is 4.33. The van der Waals surface area contributed by atoms with E-state index in [4.69, 9.17) is 4.74 Å². The first-order chi connectivity index (χ1) is 11.6. The molecule has 0 bridgehead atoms. The van der Waals surface area contributed by atoms with Crippen LogP contribution < -0.4 is 0 Å². The van der Waals surface area contributed by atoms with Crippen LogP contribution in [-0.2, 0) is 16.0 Å². The Morgan fingerprint density at radius 1 is 1.21 bits per heavy atom. The fourth-order valence-electron chi connectivity index (χ4n) is 3.77. The number of hydrogen-bond acceptors (Lipinski definition) is 3. The van der Waals surface area contributed by atoms with Crippen LogP contribution >= 0.6 is 0 Å². The minimum absolute atomic E-state index is 0.132. The molecule has 4 nitrogen and oxygen atoms in total. The first kappa shape index (κ1) is 17.4. The van der Waals surface area contributed by atoms with Crippen LogP contribution in [0.3, 0.4) is 0 Å². The fourth-order valence-corrected chi connectivity index (χ4v) is 3.77. The molecule has 2 saturated heterocycles. The number of piperidine rings is 1. The number of amides is 1. The van der Waals surface area contributed by atoms with Gasteiger partial charge in [0.2, 0.25) is 5.91 Å². The summed E-state index contributed by atoms with van der Waals surface area (Å²) >= 11 is 0. The zero-order chi connectivity index (χ0) is 16.9. The second-order valence-electron chi connectivity index (χ2n) is 6.95. The molecule has 2 heterocycles. The van der Waals surface area contributed by atoms with Crippen LogP contribution in [0.5, 0.6) is 0 Å². The third-order valence-electron chi connectivity index (χ3n) is 5.23. The molecule has 1 aromatic carbocycles. The number of ether oxygens (including phenoxy) is 1. The van der Waals surface area contributed by atoms with E-state index in [1.165, 1.54) is 12.1 Å². The van der Waals surface area contributed by atoms with Gasteiger partial charge in [-0.2, -0.15) is 0 Å². The van der Waals surface area contributed by atoms with Crippen LogP contribution in [0, 0.1) is 11.7 Å². The molecule has 5 heteroatoms. The fraction of sp³-hybridized carbons (Fsp3) is 0.632. The molecule has 2 atom stereocenters. The lowest BCUT2D eigenvalue weighted by Crippen LogP contribution is -2.52. The van der Waals surface area contributed by atoms with Crippen molar-refractivity contribution in [3.05, 3.63) is 35.6 Å². The molecule has 3 rings (SSSR count). The molecular weight excluding hydrogens is 309 g/mol. The summed E-state index contributed by atoms with van der Waals surface area (Å²) in [6.07, 6.45) is 4.02. The van der Waals surface area contributed by atoms with E-state index >= 15 is 0 Å². The highest BCUT2D eigenvalue weighted by atomic mass is 19.1. The summed E-state index contributed by atoms with van der Waals surface area (Å²) in [4.78, 5) is 14.6. The van der Waals surface area contributed by atoms with Crippen molar-refractivity contribution in [1.29, 1.82) is 0 Å². The molecule has 2 aliphatic heterocycles. The Hall–Kier alpha value is -1.46.